The van der Waals surface area contributed by atoms with Crippen molar-refractivity contribution in [2.75, 3.05) is 6.54 Å². The maximum absolute atomic E-state index is 10.5. The molecule has 0 saturated carbocycles. The molecule has 3 N–H and O–H groups in total. The van der Waals surface area contributed by atoms with Crippen LogP contribution >= 0.6 is 11.3 Å². The second kappa shape index (κ2) is 5.40. The third-order valence-corrected chi connectivity index (χ3v) is 4.30. The summed E-state index contributed by atoms with van der Waals surface area (Å²) in [4.78, 5) is 3.21. The lowest BCUT2D eigenvalue weighted by Crippen LogP contribution is -2.34. The van der Waals surface area contributed by atoms with Crippen LogP contribution in [0.4, 0.5) is 0 Å². The van der Waals surface area contributed by atoms with E-state index in [0.717, 1.165) is 17.6 Å². The smallest absolute Gasteiger partial charge is 0.1000 e. The van der Waals surface area contributed by atoms with Gasteiger partial charge in [-0.3, -0.25) is 0 Å². The predicted molar refractivity (Wildman–Crippen MR) is 83.9 cm³/mol. The molecule has 2 heterocycles. The van der Waals surface area contributed by atoms with Crippen LogP contribution in [0.3, 0.4) is 0 Å². The highest BCUT2D eigenvalue weighted by molar-refractivity contribution is 7.08. The fourth-order valence-electron chi connectivity index (χ4n) is 2.42. The molecule has 1 aromatic carbocycles. The zero-order valence-corrected chi connectivity index (χ0v) is 12.2. The highest BCUT2D eigenvalue weighted by Crippen LogP contribution is 2.22. The number of rotatable bonds is 5. The van der Waals surface area contributed by atoms with Crippen LogP contribution in [0.2, 0.25) is 0 Å². The minimum atomic E-state index is -0.827. The normalized spacial score (nSPS) is 14.5. The number of benzene rings is 1. The number of aromatic amines is 1. The maximum atomic E-state index is 10.5. The fourth-order valence-corrected chi connectivity index (χ4v) is 3.20. The topological polar surface area (TPSA) is 48.0 Å². The Balaban J connectivity index is 1.67. The molecular weight excluding hydrogens is 268 g/mol. The van der Waals surface area contributed by atoms with Crippen molar-refractivity contribution in [2.45, 2.75) is 19.1 Å². The number of fused-ring (bicyclic) bond motifs is 1. The largest absolute Gasteiger partial charge is 0.384 e. The fraction of sp³-hybridized carbons (Fsp3) is 0.250. The zero-order chi connectivity index (χ0) is 14.0. The van der Waals surface area contributed by atoms with Gasteiger partial charge in [-0.15, -0.1) is 0 Å². The van der Waals surface area contributed by atoms with Crippen LogP contribution in [-0.2, 0) is 12.1 Å². The standard InChI is InChI=1S/C16H18N2OS/c1-16(19,13-6-8-20-10-13)11-17-9-12-3-2-4-15-14(12)5-7-18-15/h2-8,10,17-19H,9,11H2,1H3. The minimum Gasteiger partial charge on any atom is -0.384 e. The first-order chi connectivity index (χ1) is 9.67. The van der Waals surface area contributed by atoms with Crippen molar-refractivity contribution < 1.29 is 5.11 Å². The predicted octanol–water partition coefficient (Wildman–Crippen LogP) is 3.23. The van der Waals surface area contributed by atoms with E-state index in [1.54, 1.807) is 11.3 Å². The minimum absolute atomic E-state index is 0.532. The van der Waals surface area contributed by atoms with Crippen molar-refractivity contribution >= 4 is 22.2 Å². The average molecular weight is 286 g/mol. The van der Waals surface area contributed by atoms with Gasteiger partial charge in [0.25, 0.3) is 0 Å². The van der Waals surface area contributed by atoms with Crippen molar-refractivity contribution in [3.05, 3.63) is 58.4 Å². The van der Waals surface area contributed by atoms with Crippen LogP contribution in [0.25, 0.3) is 10.9 Å². The van der Waals surface area contributed by atoms with Crippen LogP contribution in [0, 0.1) is 0 Å². The molecule has 20 heavy (non-hydrogen) atoms. The second-order valence-corrected chi connectivity index (χ2v) is 6.03. The van der Waals surface area contributed by atoms with Crippen LogP contribution < -0.4 is 5.32 Å². The van der Waals surface area contributed by atoms with Gasteiger partial charge in [0.2, 0.25) is 0 Å². The van der Waals surface area contributed by atoms with E-state index in [2.05, 4.69) is 28.5 Å². The van der Waals surface area contributed by atoms with Crippen LogP contribution in [0.5, 0.6) is 0 Å². The Morgan fingerprint density at radius 3 is 3.00 bits per heavy atom. The van der Waals surface area contributed by atoms with Crippen molar-refractivity contribution in [3.63, 3.8) is 0 Å². The van der Waals surface area contributed by atoms with E-state index >= 15 is 0 Å². The first-order valence-electron chi connectivity index (χ1n) is 6.67. The molecule has 3 nitrogen and oxygen atoms in total. The number of nitrogens with one attached hydrogen (secondary N) is 2. The van der Waals surface area contributed by atoms with Crippen LogP contribution in [0.15, 0.2) is 47.3 Å². The summed E-state index contributed by atoms with van der Waals surface area (Å²) in [6, 6.07) is 10.3. The van der Waals surface area contributed by atoms with Gasteiger partial charge in [-0.2, -0.15) is 11.3 Å². The van der Waals surface area contributed by atoms with Crippen molar-refractivity contribution in [1.82, 2.24) is 10.3 Å². The van der Waals surface area contributed by atoms with Gasteiger partial charge < -0.3 is 15.4 Å². The Morgan fingerprint density at radius 1 is 1.30 bits per heavy atom. The molecule has 0 aliphatic carbocycles. The molecule has 0 saturated heterocycles. The molecule has 3 rings (SSSR count). The summed E-state index contributed by atoms with van der Waals surface area (Å²) in [5, 5.41) is 19.0. The summed E-state index contributed by atoms with van der Waals surface area (Å²) < 4.78 is 0. The third-order valence-electron chi connectivity index (χ3n) is 3.61. The van der Waals surface area contributed by atoms with E-state index in [1.807, 2.05) is 36.0 Å². The number of aromatic nitrogens is 1. The molecule has 3 aromatic rings. The average Bonchev–Trinajstić information content (AvgIpc) is 3.10. The maximum Gasteiger partial charge on any atom is 0.1000 e. The summed E-state index contributed by atoms with van der Waals surface area (Å²) in [6.07, 6.45) is 1.95. The van der Waals surface area contributed by atoms with Crippen molar-refractivity contribution in [2.24, 2.45) is 0 Å². The van der Waals surface area contributed by atoms with E-state index in [1.165, 1.54) is 10.9 Å². The zero-order valence-electron chi connectivity index (χ0n) is 11.4. The molecule has 0 spiro atoms. The van der Waals surface area contributed by atoms with Gasteiger partial charge in [0.15, 0.2) is 0 Å². The number of thiophene rings is 1. The molecule has 104 valence electrons. The van der Waals surface area contributed by atoms with Gasteiger partial charge in [0, 0.05) is 30.2 Å². The number of hydrogen-bond acceptors (Lipinski definition) is 3. The monoisotopic (exact) mass is 286 g/mol. The SMILES string of the molecule is CC(O)(CNCc1cccc2[nH]ccc12)c1ccsc1. The van der Waals surface area contributed by atoms with Gasteiger partial charge in [0.05, 0.1) is 5.60 Å². The Hall–Kier alpha value is -1.62. The molecule has 1 unspecified atom stereocenters. The Labute approximate surface area is 122 Å². The Morgan fingerprint density at radius 2 is 2.20 bits per heavy atom. The van der Waals surface area contributed by atoms with E-state index in [4.69, 9.17) is 0 Å². The van der Waals surface area contributed by atoms with Gasteiger partial charge in [-0.25, -0.2) is 0 Å². The molecule has 0 radical (unpaired) electrons. The van der Waals surface area contributed by atoms with Crippen LogP contribution in [-0.4, -0.2) is 16.6 Å². The van der Waals surface area contributed by atoms with E-state index in [0.29, 0.717) is 6.54 Å². The van der Waals surface area contributed by atoms with Gasteiger partial charge in [-0.05, 0) is 47.0 Å². The first kappa shape index (κ1) is 13.4. The van der Waals surface area contributed by atoms with Gasteiger partial charge >= 0.3 is 0 Å². The molecule has 0 aliphatic rings. The molecule has 0 aliphatic heterocycles. The summed E-state index contributed by atoms with van der Waals surface area (Å²) >= 11 is 1.61. The molecule has 2 aromatic heterocycles. The summed E-state index contributed by atoms with van der Waals surface area (Å²) in [5.41, 5.74) is 2.53. The van der Waals surface area contributed by atoms with Crippen molar-refractivity contribution in [1.29, 1.82) is 0 Å². The number of H-pyrrole nitrogens is 1. The highest BCUT2D eigenvalue weighted by atomic mass is 32.1. The Bertz CT molecular complexity index is 685. The molecule has 4 heteroatoms. The van der Waals surface area contributed by atoms with Crippen molar-refractivity contribution in [3.8, 4) is 0 Å². The summed E-state index contributed by atoms with van der Waals surface area (Å²) in [7, 11) is 0. The lowest BCUT2D eigenvalue weighted by molar-refractivity contribution is 0.0571. The summed E-state index contributed by atoms with van der Waals surface area (Å²) in [6.45, 7) is 3.12. The lowest BCUT2D eigenvalue weighted by atomic mass is 9.99. The van der Waals surface area contributed by atoms with E-state index in [9.17, 15) is 5.11 Å². The number of hydrogen-bond donors (Lipinski definition) is 3. The molecule has 0 amide bonds. The molecular formula is C16H18N2OS. The molecule has 1 atom stereocenters. The number of aliphatic hydroxyl groups is 1. The molecule has 0 fully saturated rings. The van der Waals surface area contributed by atoms with E-state index < -0.39 is 5.60 Å². The highest BCUT2D eigenvalue weighted by Gasteiger charge is 2.22. The van der Waals surface area contributed by atoms with E-state index in [-0.39, 0.29) is 0 Å². The molecule has 0 bridgehead atoms. The third kappa shape index (κ3) is 2.63. The second-order valence-electron chi connectivity index (χ2n) is 5.25. The van der Waals surface area contributed by atoms with Gasteiger partial charge in [0.1, 0.15) is 0 Å². The lowest BCUT2D eigenvalue weighted by Gasteiger charge is -2.23. The van der Waals surface area contributed by atoms with Crippen LogP contribution in [0.1, 0.15) is 18.1 Å². The quantitative estimate of drug-likeness (QED) is 0.674. The Kier molecular flexibility index (Phi) is 3.61. The summed E-state index contributed by atoms with van der Waals surface area (Å²) in [5.74, 6) is 0. The van der Waals surface area contributed by atoms with Gasteiger partial charge in [-0.1, -0.05) is 12.1 Å². The first-order valence-corrected chi connectivity index (χ1v) is 7.62.